The van der Waals surface area contributed by atoms with Crippen LogP contribution in [0.4, 0.5) is 5.69 Å². The maximum absolute atomic E-state index is 12.5. The zero-order valence-electron chi connectivity index (χ0n) is 16.3. The molecule has 146 valence electrons. The molecule has 0 saturated carbocycles. The Balaban J connectivity index is 0.00000225. The Morgan fingerprint density at radius 3 is 2.29 bits per heavy atom. The Morgan fingerprint density at radius 1 is 1.00 bits per heavy atom. The molecule has 1 fully saturated rings. The molecule has 1 N–H and O–H groups in total. The van der Waals surface area contributed by atoms with Gasteiger partial charge in [-0.25, -0.2) is 4.98 Å². The van der Waals surface area contributed by atoms with Gasteiger partial charge in [0.05, 0.1) is 11.2 Å². The first-order valence-electron chi connectivity index (χ1n) is 8.96. The fourth-order valence-electron chi connectivity index (χ4n) is 2.95. The van der Waals surface area contributed by atoms with E-state index in [2.05, 4.69) is 10.3 Å². The fraction of sp³-hybridized carbons (Fsp3) is 0.300. The number of hydrogen-bond donors (Lipinski definition) is 1. The van der Waals surface area contributed by atoms with Crippen molar-refractivity contribution in [1.82, 2.24) is 9.38 Å². The number of nitrogens with zero attached hydrogens (tertiary/aromatic N) is 2. The Labute approximate surface area is 170 Å². The van der Waals surface area contributed by atoms with Crippen LogP contribution in [-0.2, 0) is 9.31 Å². The Morgan fingerprint density at radius 2 is 1.64 bits per heavy atom. The van der Waals surface area contributed by atoms with E-state index in [1.54, 1.807) is 6.20 Å². The molecule has 3 heterocycles. The van der Waals surface area contributed by atoms with E-state index in [9.17, 15) is 4.79 Å². The summed E-state index contributed by atoms with van der Waals surface area (Å²) >= 11 is 0. The van der Waals surface area contributed by atoms with Crippen LogP contribution >= 0.6 is 12.4 Å². The smallest absolute Gasteiger partial charge is 0.399 e. The van der Waals surface area contributed by atoms with Crippen LogP contribution in [0.15, 0.2) is 54.9 Å². The Kier molecular flexibility index (Phi) is 5.27. The van der Waals surface area contributed by atoms with E-state index >= 15 is 0 Å². The monoisotopic (exact) mass is 399 g/mol. The van der Waals surface area contributed by atoms with Gasteiger partial charge in [0.25, 0.3) is 5.91 Å². The van der Waals surface area contributed by atoms with Gasteiger partial charge in [-0.05, 0) is 51.4 Å². The van der Waals surface area contributed by atoms with Crippen LogP contribution in [0.25, 0.3) is 5.65 Å². The molecule has 0 unspecified atom stereocenters. The maximum Gasteiger partial charge on any atom is 0.496 e. The highest BCUT2D eigenvalue weighted by molar-refractivity contribution is 6.62. The van der Waals surface area contributed by atoms with E-state index in [4.69, 9.17) is 9.31 Å². The molecule has 4 rings (SSSR count). The van der Waals surface area contributed by atoms with E-state index in [-0.39, 0.29) is 18.3 Å². The van der Waals surface area contributed by atoms with Crippen molar-refractivity contribution in [2.24, 2.45) is 0 Å². The predicted octanol–water partition coefficient (Wildman–Crippen LogP) is 3.31. The second-order valence-corrected chi connectivity index (χ2v) is 7.76. The van der Waals surface area contributed by atoms with Gasteiger partial charge < -0.3 is 19.0 Å². The molecule has 0 atom stereocenters. The summed E-state index contributed by atoms with van der Waals surface area (Å²) in [7, 11) is -0.455. The van der Waals surface area contributed by atoms with Gasteiger partial charge in [-0.15, -0.1) is 12.4 Å². The topological polar surface area (TPSA) is 64.9 Å². The molecule has 0 radical (unpaired) electrons. The lowest BCUT2D eigenvalue weighted by molar-refractivity contribution is 0.00578. The van der Waals surface area contributed by atoms with Gasteiger partial charge in [0.2, 0.25) is 0 Å². The number of anilines is 1. The maximum atomic E-state index is 12.5. The highest BCUT2D eigenvalue weighted by Crippen LogP contribution is 2.36. The Hall–Kier alpha value is -2.35. The highest BCUT2D eigenvalue weighted by atomic mass is 35.5. The first-order valence-corrected chi connectivity index (χ1v) is 8.96. The van der Waals surface area contributed by atoms with Gasteiger partial charge in [0, 0.05) is 18.1 Å². The van der Waals surface area contributed by atoms with Crippen LogP contribution in [0.5, 0.6) is 0 Å². The van der Waals surface area contributed by atoms with Gasteiger partial charge >= 0.3 is 7.12 Å². The molecule has 28 heavy (non-hydrogen) atoms. The lowest BCUT2D eigenvalue weighted by atomic mass is 9.80. The largest absolute Gasteiger partial charge is 0.496 e. The van der Waals surface area contributed by atoms with Crippen molar-refractivity contribution in [3.8, 4) is 0 Å². The summed E-state index contributed by atoms with van der Waals surface area (Å²) in [4.78, 5) is 16.9. The normalized spacial score (nSPS) is 17.4. The second kappa shape index (κ2) is 7.24. The predicted molar refractivity (Wildman–Crippen MR) is 113 cm³/mol. The minimum absolute atomic E-state index is 0. The van der Waals surface area contributed by atoms with Crippen molar-refractivity contribution < 1.29 is 14.1 Å². The second-order valence-electron chi connectivity index (χ2n) is 7.76. The third kappa shape index (κ3) is 3.65. The molecule has 6 nitrogen and oxygen atoms in total. The van der Waals surface area contributed by atoms with Gasteiger partial charge in [-0.3, -0.25) is 4.79 Å². The number of pyridine rings is 1. The van der Waals surface area contributed by atoms with Crippen LogP contribution in [0.1, 0.15) is 38.2 Å². The van der Waals surface area contributed by atoms with Gasteiger partial charge in [-0.2, -0.15) is 0 Å². The van der Waals surface area contributed by atoms with Crippen LogP contribution in [0.2, 0.25) is 0 Å². The van der Waals surface area contributed by atoms with Crippen LogP contribution < -0.4 is 10.8 Å². The van der Waals surface area contributed by atoms with Gasteiger partial charge in [0.15, 0.2) is 0 Å². The molecule has 8 heteroatoms. The third-order valence-corrected chi connectivity index (χ3v) is 5.26. The van der Waals surface area contributed by atoms with E-state index in [0.29, 0.717) is 11.3 Å². The van der Waals surface area contributed by atoms with Crippen molar-refractivity contribution in [3.05, 3.63) is 60.6 Å². The number of hydrogen-bond acceptors (Lipinski definition) is 4. The summed E-state index contributed by atoms with van der Waals surface area (Å²) in [6.45, 7) is 8.09. The zero-order chi connectivity index (χ0) is 19.2. The summed E-state index contributed by atoms with van der Waals surface area (Å²) < 4.78 is 14.0. The first kappa shape index (κ1) is 20.4. The first-order chi connectivity index (χ1) is 12.7. The number of benzene rings is 1. The number of carbonyl (C=O) groups excluding carboxylic acids is 1. The summed E-state index contributed by atoms with van der Waals surface area (Å²) in [5.74, 6) is -0.248. The molecule has 1 aliphatic rings. The minimum Gasteiger partial charge on any atom is -0.399 e. The number of nitrogens with one attached hydrogen (secondary N) is 1. The number of rotatable bonds is 3. The molecule has 1 amide bonds. The van der Waals surface area contributed by atoms with E-state index in [1.165, 1.54) is 0 Å². The molecular weight excluding hydrogens is 377 g/mol. The van der Waals surface area contributed by atoms with E-state index < -0.39 is 18.3 Å². The average molecular weight is 400 g/mol. The third-order valence-electron chi connectivity index (χ3n) is 5.26. The SMILES string of the molecule is CC1(C)OB(c2ccc3nc(C(=O)Nc4ccccc4)cn3c2)OC1(C)C.Cl. The van der Waals surface area contributed by atoms with Crippen molar-refractivity contribution in [2.75, 3.05) is 5.32 Å². The number of carbonyl (C=O) groups is 1. The zero-order valence-corrected chi connectivity index (χ0v) is 17.1. The lowest BCUT2D eigenvalue weighted by Crippen LogP contribution is -2.41. The summed E-state index contributed by atoms with van der Waals surface area (Å²) in [6.07, 6.45) is 3.60. The molecular formula is C20H23BClN3O3. The van der Waals surface area contributed by atoms with Gasteiger partial charge in [-0.1, -0.05) is 24.3 Å². The van der Waals surface area contributed by atoms with Crippen molar-refractivity contribution in [2.45, 2.75) is 38.9 Å². The van der Waals surface area contributed by atoms with Crippen LogP contribution in [0.3, 0.4) is 0 Å². The summed E-state index contributed by atoms with van der Waals surface area (Å²) in [5, 5.41) is 2.85. The van der Waals surface area contributed by atoms with Crippen LogP contribution in [-0.4, -0.2) is 33.6 Å². The molecule has 0 aliphatic carbocycles. The molecule has 2 aromatic heterocycles. The Bertz CT molecular complexity index is 988. The average Bonchev–Trinajstić information content (AvgIpc) is 3.13. The number of para-hydroxylation sites is 1. The standard InChI is InChI=1S/C20H22BN3O3.ClH/c1-19(2)20(3,4)27-21(26-19)14-10-11-17-23-16(13-24(17)12-14)18(25)22-15-8-6-5-7-9-15;/h5-13H,1-4H3,(H,22,25);1H. The van der Waals surface area contributed by atoms with Crippen LogP contribution in [0, 0.1) is 0 Å². The molecule has 1 aromatic carbocycles. The number of halogens is 1. The number of aromatic nitrogens is 2. The molecule has 1 aliphatic heterocycles. The lowest BCUT2D eigenvalue weighted by Gasteiger charge is -2.32. The molecule has 0 spiro atoms. The molecule has 1 saturated heterocycles. The van der Waals surface area contributed by atoms with Crippen molar-refractivity contribution in [3.63, 3.8) is 0 Å². The molecule has 0 bridgehead atoms. The number of fused-ring (bicyclic) bond motifs is 1. The number of imidazole rings is 1. The summed E-state index contributed by atoms with van der Waals surface area (Å²) in [6, 6.07) is 13.1. The highest BCUT2D eigenvalue weighted by Gasteiger charge is 2.51. The fourth-order valence-corrected chi connectivity index (χ4v) is 2.95. The number of amides is 1. The minimum atomic E-state index is -0.455. The van der Waals surface area contributed by atoms with Crippen molar-refractivity contribution in [1.29, 1.82) is 0 Å². The summed E-state index contributed by atoms with van der Waals surface area (Å²) in [5.41, 5.74) is 1.86. The molecule has 3 aromatic rings. The van der Waals surface area contributed by atoms with Gasteiger partial charge in [0.1, 0.15) is 11.3 Å². The quantitative estimate of drug-likeness (QED) is 0.686. The van der Waals surface area contributed by atoms with E-state index in [1.807, 2.05) is 80.8 Å². The van der Waals surface area contributed by atoms with Crippen molar-refractivity contribution >= 4 is 42.2 Å². The van der Waals surface area contributed by atoms with E-state index in [0.717, 1.165) is 11.2 Å².